The first-order chi connectivity index (χ1) is 8.15. The maximum atomic E-state index is 11.6. The highest BCUT2D eigenvalue weighted by Crippen LogP contribution is 2.21. The average molecular weight is 239 g/mol. The molecule has 0 aliphatic heterocycles. The number of hydrogen-bond acceptors (Lipinski definition) is 6. The van der Waals surface area contributed by atoms with Crippen LogP contribution in [0, 0.1) is 0 Å². The summed E-state index contributed by atoms with van der Waals surface area (Å²) in [7, 11) is 0. The summed E-state index contributed by atoms with van der Waals surface area (Å²) in [5.41, 5.74) is 5.21. The third-order valence-corrected chi connectivity index (χ3v) is 2.51. The fraction of sp³-hybridized carbons (Fsp3) is 0.444. The average Bonchev–Trinajstić information content (AvgIpc) is 2.73. The molecule has 2 heterocycles. The Kier molecular flexibility index (Phi) is 3.18. The SMILES string of the molecule is NCCC(O)C(O)c1[nH]nc2nc[nH]c(=O)c12. The van der Waals surface area contributed by atoms with E-state index in [2.05, 4.69) is 20.2 Å². The van der Waals surface area contributed by atoms with Gasteiger partial charge in [-0.15, -0.1) is 0 Å². The molecule has 0 bridgehead atoms. The van der Waals surface area contributed by atoms with Gasteiger partial charge in [-0.2, -0.15) is 5.10 Å². The van der Waals surface area contributed by atoms with Crippen molar-refractivity contribution in [3.63, 3.8) is 0 Å². The van der Waals surface area contributed by atoms with Crippen molar-refractivity contribution in [1.82, 2.24) is 20.2 Å². The molecular weight excluding hydrogens is 226 g/mol. The molecular formula is C9H13N5O3. The van der Waals surface area contributed by atoms with Gasteiger partial charge in [0, 0.05) is 0 Å². The summed E-state index contributed by atoms with van der Waals surface area (Å²) in [6.07, 6.45) is -0.852. The molecule has 0 spiro atoms. The smallest absolute Gasteiger partial charge is 0.262 e. The number of nitrogens with two attached hydrogens (primary N) is 1. The molecule has 0 fully saturated rings. The second-order valence-electron chi connectivity index (χ2n) is 3.66. The monoisotopic (exact) mass is 239 g/mol. The van der Waals surface area contributed by atoms with Gasteiger partial charge in [0.2, 0.25) is 0 Å². The largest absolute Gasteiger partial charge is 0.390 e. The predicted molar refractivity (Wildman–Crippen MR) is 59.1 cm³/mol. The standard InChI is InChI=1S/C9H13N5O3/c10-2-1-4(15)7(16)6-5-8(14-13-6)11-3-12-9(5)17/h3-4,7,15-16H,1-2,10H2,(H2,11,12,13,14,17). The Hall–Kier alpha value is -1.77. The van der Waals surface area contributed by atoms with Crippen LogP contribution in [0.5, 0.6) is 0 Å². The molecule has 2 aromatic heterocycles. The van der Waals surface area contributed by atoms with Crippen LogP contribution in [0.15, 0.2) is 11.1 Å². The minimum absolute atomic E-state index is 0.148. The highest BCUT2D eigenvalue weighted by atomic mass is 16.3. The molecule has 0 amide bonds. The van der Waals surface area contributed by atoms with Gasteiger partial charge in [0.15, 0.2) is 5.65 Å². The Balaban J connectivity index is 2.45. The van der Waals surface area contributed by atoms with E-state index in [1.54, 1.807) is 0 Å². The van der Waals surface area contributed by atoms with Gasteiger partial charge in [-0.1, -0.05) is 0 Å². The van der Waals surface area contributed by atoms with Crippen LogP contribution in [0.1, 0.15) is 18.2 Å². The van der Waals surface area contributed by atoms with Crippen molar-refractivity contribution in [3.8, 4) is 0 Å². The van der Waals surface area contributed by atoms with Gasteiger partial charge in [-0.25, -0.2) is 4.98 Å². The summed E-state index contributed by atoms with van der Waals surface area (Å²) in [6.45, 7) is 0.235. The first-order valence-corrected chi connectivity index (χ1v) is 5.13. The van der Waals surface area contributed by atoms with E-state index in [1.807, 2.05) is 0 Å². The van der Waals surface area contributed by atoms with E-state index in [9.17, 15) is 15.0 Å². The minimum atomic E-state index is -1.24. The Labute approximate surface area is 95.5 Å². The van der Waals surface area contributed by atoms with Crippen molar-refractivity contribution in [3.05, 3.63) is 22.4 Å². The predicted octanol–water partition coefficient (Wildman–Crippen LogP) is -1.61. The fourth-order valence-electron chi connectivity index (χ4n) is 1.62. The number of hydrogen-bond donors (Lipinski definition) is 5. The van der Waals surface area contributed by atoms with Crippen LogP contribution < -0.4 is 11.3 Å². The molecule has 0 saturated heterocycles. The molecule has 0 aliphatic carbocycles. The van der Waals surface area contributed by atoms with E-state index >= 15 is 0 Å². The van der Waals surface area contributed by atoms with E-state index < -0.39 is 17.8 Å². The first-order valence-electron chi connectivity index (χ1n) is 5.13. The van der Waals surface area contributed by atoms with Crippen LogP contribution >= 0.6 is 0 Å². The number of aliphatic hydroxyl groups excluding tert-OH is 2. The summed E-state index contributed by atoms with van der Waals surface area (Å²) < 4.78 is 0. The van der Waals surface area contributed by atoms with E-state index in [0.29, 0.717) is 0 Å². The fourth-order valence-corrected chi connectivity index (χ4v) is 1.62. The van der Waals surface area contributed by atoms with Crippen molar-refractivity contribution in [1.29, 1.82) is 0 Å². The second-order valence-corrected chi connectivity index (χ2v) is 3.66. The maximum absolute atomic E-state index is 11.6. The number of aliphatic hydroxyl groups is 2. The van der Waals surface area contributed by atoms with Crippen LogP contribution in [0.2, 0.25) is 0 Å². The van der Waals surface area contributed by atoms with Gasteiger partial charge >= 0.3 is 0 Å². The molecule has 2 aromatic rings. The Morgan fingerprint density at radius 1 is 1.47 bits per heavy atom. The van der Waals surface area contributed by atoms with Crippen molar-refractivity contribution < 1.29 is 10.2 Å². The van der Waals surface area contributed by atoms with Gasteiger partial charge in [-0.05, 0) is 13.0 Å². The molecule has 0 radical (unpaired) electrons. The Morgan fingerprint density at radius 3 is 2.94 bits per heavy atom. The third kappa shape index (κ3) is 2.05. The summed E-state index contributed by atoms with van der Waals surface area (Å²) in [6, 6.07) is 0. The van der Waals surface area contributed by atoms with E-state index in [-0.39, 0.29) is 29.7 Å². The molecule has 8 heteroatoms. The lowest BCUT2D eigenvalue weighted by atomic mass is 10.1. The molecule has 2 unspecified atom stereocenters. The Bertz CT molecular complexity index is 563. The molecule has 0 saturated carbocycles. The quantitative estimate of drug-likeness (QED) is 0.434. The minimum Gasteiger partial charge on any atom is -0.390 e. The number of rotatable bonds is 4. The van der Waals surface area contributed by atoms with Crippen LogP contribution in [0.3, 0.4) is 0 Å². The van der Waals surface area contributed by atoms with E-state index in [1.165, 1.54) is 6.33 Å². The zero-order valence-electron chi connectivity index (χ0n) is 8.92. The number of aromatic nitrogens is 4. The highest BCUT2D eigenvalue weighted by molar-refractivity contribution is 5.76. The van der Waals surface area contributed by atoms with Crippen LogP contribution in [0.4, 0.5) is 0 Å². The van der Waals surface area contributed by atoms with Gasteiger partial charge in [0.1, 0.15) is 11.5 Å². The van der Waals surface area contributed by atoms with E-state index in [4.69, 9.17) is 5.73 Å². The number of aromatic amines is 2. The van der Waals surface area contributed by atoms with Crippen molar-refractivity contribution in [2.45, 2.75) is 18.6 Å². The summed E-state index contributed by atoms with van der Waals surface area (Å²) in [4.78, 5) is 17.8. The molecule has 2 atom stereocenters. The highest BCUT2D eigenvalue weighted by Gasteiger charge is 2.23. The molecule has 0 aliphatic rings. The maximum Gasteiger partial charge on any atom is 0.262 e. The number of nitrogens with zero attached hydrogens (tertiary/aromatic N) is 2. The van der Waals surface area contributed by atoms with Crippen LogP contribution in [-0.2, 0) is 0 Å². The molecule has 6 N–H and O–H groups in total. The molecule has 8 nitrogen and oxygen atoms in total. The van der Waals surface area contributed by atoms with Crippen LogP contribution in [-0.4, -0.2) is 43.0 Å². The number of fused-ring (bicyclic) bond motifs is 1. The first kappa shape index (κ1) is 11.7. The normalized spacial score (nSPS) is 15.0. The van der Waals surface area contributed by atoms with Crippen LogP contribution in [0.25, 0.3) is 11.0 Å². The van der Waals surface area contributed by atoms with Gasteiger partial charge in [-0.3, -0.25) is 9.89 Å². The lowest BCUT2D eigenvalue weighted by Crippen LogP contribution is -2.23. The van der Waals surface area contributed by atoms with Crippen molar-refractivity contribution >= 4 is 11.0 Å². The zero-order chi connectivity index (χ0) is 12.4. The molecule has 2 rings (SSSR count). The lowest BCUT2D eigenvalue weighted by Gasteiger charge is -2.15. The number of nitrogens with one attached hydrogen (secondary N) is 2. The van der Waals surface area contributed by atoms with Crippen molar-refractivity contribution in [2.24, 2.45) is 5.73 Å². The topological polar surface area (TPSA) is 141 Å². The molecule has 0 aromatic carbocycles. The molecule has 92 valence electrons. The molecule has 17 heavy (non-hydrogen) atoms. The van der Waals surface area contributed by atoms with E-state index in [0.717, 1.165) is 0 Å². The van der Waals surface area contributed by atoms with Crippen molar-refractivity contribution in [2.75, 3.05) is 6.54 Å². The summed E-state index contributed by atoms with van der Waals surface area (Å²) >= 11 is 0. The van der Waals surface area contributed by atoms with Gasteiger partial charge in [0.25, 0.3) is 5.56 Å². The zero-order valence-corrected chi connectivity index (χ0v) is 8.92. The lowest BCUT2D eigenvalue weighted by molar-refractivity contribution is 0.0132. The third-order valence-electron chi connectivity index (χ3n) is 2.51. The second kappa shape index (κ2) is 4.62. The Morgan fingerprint density at radius 2 is 2.24 bits per heavy atom. The summed E-state index contributed by atoms with van der Waals surface area (Å²) in [5.74, 6) is 0. The summed E-state index contributed by atoms with van der Waals surface area (Å²) in [5, 5.41) is 25.9. The van der Waals surface area contributed by atoms with Gasteiger partial charge < -0.3 is 20.9 Å². The number of H-pyrrole nitrogens is 2. The van der Waals surface area contributed by atoms with Gasteiger partial charge in [0.05, 0.1) is 18.1 Å².